The number of aldehydes is 1. The number of hydrogen-bond acceptors (Lipinski definition) is 2. The van der Waals surface area contributed by atoms with E-state index in [0.29, 0.717) is 19.3 Å². The summed E-state index contributed by atoms with van der Waals surface area (Å²) in [5.74, 6) is -0.772. The first-order valence-electron chi connectivity index (χ1n) is 6.62. The van der Waals surface area contributed by atoms with Crippen molar-refractivity contribution in [3.05, 3.63) is 12.2 Å². The lowest BCUT2D eigenvalue weighted by atomic mass is 9.51. The van der Waals surface area contributed by atoms with E-state index in [-0.39, 0.29) is 10.8 Å². The van der Waals surface area contributed by atoms with Gasteiger partial charge in [-0.15, -0.1) is 0 Å². The molecule has 0 fully saturated rings. The van der Waals surface area contributed by atoms with Crippen LogP contribution in [0.3, 0.4) is 0 Å². The minimum atomic E-state index is -0.832. The third-order valence-electron chi connectivity index (χ3n) is 5.24. The Morgan fingerprint density at radius 1 is 1.44 bits per heavy atom. The topological polar surface area (TPSA) is 54.4 Å². The maximum atomic E-state index is 11.9. The van der Waals surface area contributed by atoms with Crippen LogP contribution in [0, 0.1) is 16.2 Å². The summed E-state index contributed by atoms with van der Waals surface area (Å²) in [6.07, 6.45) is 7.06. The third-order valence-corrected chi connectivity index (χ3v) is 5.24. The number of rotatable bonds is 6. The molecule has 3 nitrogen and oxygen atoms in total. The fraction of sp³-hybridized carbons (Fsp3) is 0.733. The van der Waals surface area contributed by atoms with Crippen LogP contribution in [-0.2, 0) is 9.59 Å². The average molecular weight is 252 g/mol. The highest BCUT2D eigenvalue weighted by Gasteiger charge is 2.59. The molecule has 0 amide bonds. The fourth-order valence-corrected chi connectivity index (χ4v) is 3.49. The number of hydrogen-bond donors (Lipinski definition) is 1. The van der Waals surface area contributed by atoms with E-state index in [1.165, 1.54) is 0 Å². The lowest BCUT2D eigenvalue weighted by molar-refractivity contribution is -0.165. The van der Waals surface area contributed by atoms with E-state index in [1.54, 1.807) is 0 Å². The molecule has 0 radical (unpaired) electrons. The van der Waals surface area contributed by atoms with Gasteiger partial charge < -0.3 is 9.90 Å². The summed E-state index contributed by atoms with van der Waals surface area (Å²) in [5, 5.41) is 9.76. The largest absolute Gasteiger partial charge is 0.481 e. The summed E-state index contributed by atoms with van der Waals surface area (Å²) in [4.78, 5) is 22.6. The highest BCUT2D eigenvalue weighted by molar-refractivity contribution is 5.76. The molecule has 2 atom stereocenters. The molecule has 1 aliphatic rings. The standard InChI is InChI=1S/C15H24O3/c1-5-15(12(17)18,10-7-11-16)14(4)9-6-8-13(14,2)3/h6,8,11H,5,7,9-10H2,1-4H3,(H,17,18). The van der Waals surface area contributed by atoms with Gasteiger partial charge in [0.2, 0.25) is 0 Å². The van der Waals surface area contributed by atoms with Gasteiger partial charge in [0.25, 0.3) is 0 Å². The molecule has 18 heavy (non-hydrogen) atoms. The number of aliphatic carboxylic acids is 1. The predicted octanol–water partition coefficient (Wildman–Crippen LogP) is 3.44. The van der Waals surface area contributed by atoms with Crippen LogP contribution < -0.4 is 0 Å². The number of carbonyl (C=O) groups excluding carboxylic acids is 1. The van der Waals surface area contributed by atoms with Crippen LogP contribution in [0.2, 0.25) is 0 Å². The molecule has 1 aliphatic carbocycles. The van der Waals surface area contributed by atoms with Gasteiger partial charge in [-0.1, -0.05) is 39.8 Å². The smallest absolute Gasteiger partial charge is 0.310 e. The molecule has 0 aromatic heterocycles. The van der Waals surface area contributed by atoms with E-state index in [9.17, 15) is 14.7 Å². The predicted molar refractivity (Wildman–Crippen MR) is 71.3 cm³/mol. The van der Waals surface area contributed by atoms with Crippen LogP contribution >= 0.6 is 0 Å². The Balaban J connectivity index is 3.26. The maximum Gasteiger partial charge on any atom is 0.310 e. The van der Waals surface area contributed by atoms with E-state index in [4.69, 9.17) is 0 Å². The first-order chi connectivity index (χ1) is 8.27. The minimum absolute atomic E-state index is 0.162. The molecular formula is C15H24O3. The molecule has 0 bridgehead atoms. The van der Waals surface area contributed by atoms with Gasteiger partial charge in [-0.25, -0.2) is 0 Å². The molecule has 0 saturated heterocycles. The van der Waals surface area contributed by atoms with Gasteiger partial charge in [0.05, 0.1) is 5.41 Å². The molecule has 0 aromatic rings. The summed E-state index contributed by atoms with van der Waals surface area (Å²) in [6, 6.07) is 0. The van der Waals surface area contributed by atoms with Crippen molar-refractivity contribution >= 4 is 12.3 Å². The number of carboxylic acid groups (broad SMARTS) is 1. The van der Waals surface area contributed by atoms with Crippen molar-refractivity contribution in [1.29, 1.82) is 0 Å². The van der Waals surface area contributed by atoms with Crippen molar-refractivity contribution < 1.29 is 14.7 Å². The molecule has 0 saturated carbocycles. The Kier molecular flexibility index (Phi) is 4.04. The summed E-state index contributed by atoms with van der Waals surface area (Å²) in [7, 11) is 0. The quantitative estimate of drug-likeness (QED) is 0.582. The van der Waals surface area contributed by atoms with Crippen LogP contribution in [0.5, 0.6) is 0 Å². The Morgan fingerprint density at radius 3 is 2.39 bits per heavy atom. The Labute approximate surface area is 109 Å². The Bertz CT molecular complexity index is 370. The van der Waals surface area contributed by atoms with Gasteiger partial charge >= 0.3 is 5.97 Å². The average Bonchev–Trinajstić information content (AvgIpc) is 2.56. The zero-order valence-corrected chi connectivity index (χ0v) is 11.8. The molecule has 0 aliphatic heterocycles. The van der Waals surface area contributed by atoms with Gasteiger partial charge in [-0.05, 0) is 30.1 Å². The summed E-state index contributed by atoms with van der Waals surface area (Å²) in [6.45, 7) is 8.14. The number of carbonyl (C=O) groups is 2. The zero-order chi connectivity index (χ0) is 14.0. The Hall–Kier alpha value is -1.12. The highest BCUT2D eigenvalue weighted by Crippen LogP contribution is 2.61. The van der Waals surface area contributed by atoms with Crippen LogP contribution in [0.25, 0.3) is 0 Å². The molecule has 0 heterocycles. The first kappa shape index (κ1) is 14.9. The fourth-order valence-electron chi connectivity index (χ4n) is 3.49. The molecule has 1 N–H and O–H groups in total. The number of allylic oxidation sites excluding steroid dienone is 2. The third kappa shape index (κ3) is 1.90. The minimum Gasteiger partial charge on any atom is -0.481 e. The van der Waals surface area contributed by atoms with Gasteiger partial charge in [0.15, 0.2) is 0 Å². The molecule has 102 valence electrons. The van der Waals surface area contributed by atoms with Gasteiger partial charge in [0, 0.05) is 6.42 Å². The van der Waals surface area contributed by atoms with Crippen LogP contribution in [0.4, 0.5) is 0 Å². The normalized spacial score (nSPS) is 28.9. The van der Waals surface area contributed by atoms with Crippen molar-refractivity contribution in [2.24, 2.45) is 16.2 Å². The van der Waals surface area contributed by atoms with Gasteiger partial charge in [-0.2, -0.15) is 0 Å². The van der Waals surface area contributed by atoms with E-state index in [0.717, 1.165) is 12.7 Å². The lowest BCUT2D eigenvalue weighted by Gasteiger charge is -2.51. The van der Waals surface area contributed by atoms with Crippen LogP contribution in [-0.4, -0.2) is 17.4 Å². The highest BCUT2D eigenvalue weighted by atomic mass is 16.4. The van der Waals surface area contributed by atoms with Crippen molar-refractivity contribution in [2.75, 3.05) is 0 Å². The van der Waals surface area contributed by atoms with Crippen LogP contribution in [0.1, 0.15) is 53.4 Å². The molecule has 0 aromatic carbocycles. The Morgan fingerprint density at radius 2 is 2.06 bits per heavy atom. The van der Waals surface area contributed by atoms with Crippen LogP contribution in [0.15, 0.2) is 12.2 Å². The SMILES string of the molecule is CCC(CCC=O)(C(=O)O)C1(C)CC=CC1(C)C. The molecule has 1 rings (SSSR count). The summed E-state index contributed by atoms with van der Waals surface area (Å²) >= 11 is 0. The molecular weight excluding hydrogens is 228 g/mol. The maximum absolute atomic E-state index is 11.9. The monoisotopic (exact) mass is 252 g/mol. The zero-order valence-electron chi connectivity index (χ0n) is 11.8. The second-order valence-corrected chi connectivity index (χ2v) is 6.11. The number of carboxylic acids is 1. The van der Waals surface area contributed by atoms with Crippen molar-refractivity contribution in [2.45, 2.75) is 53.4 Å². The molecule has 0 spiro atoms. The van der Waals surface area contributed by atoms with E-state index in [2.05, 4.69) is 32.9 Å². The molecule has 3 heteroatoms. The van der Waals surface area contributed by atoms with Gasteiger partial charge in [0.1, 0.15) is 6.29 Å². The van der Waals surface area contributed by atoms with E-state index < -0.39 is 11.4 Å². The second kappa shape index (κ2) is 4.87. The van der Waals surface area contributed by atoms with Crippen molar-refractivity contribution in [3.8, 4) is 0 Å². The van der Waals surface area contributed by atoms with Gasteiger partial charge in [-0.3, -0.25) is 4.79 Å². The first-order valence-corrected chi connectivity index (χ1v) is 6.62. The second-order valence-electron chi connectivity index (χ2n) is 6.11. The molecule has 2 unspecified atom stereocenters. The van der Waals surface area contributed by atoms with E-state index in [1.807, 2.05) is 6.92 Å². The summed E-state index contributed by atoms with van der Waals surface area (Å²) < 4.78 is 0. The summed E-state index contributed by atoms with van der Waals surface area (Å²) in [5.41, 5.74) is -1.34. The van der Waals surface area contributed by atoms with E-state index >= 15 is 0 Å². The van der Waals surface area contributed by atoms with Crippen molar-refractivity contribution in [3.63, 3.8) is 0 Å². The van der Waals surface area contributed by atoms with Crippen molar-refractivity contribution in [1.82, 2.24) is 0 Å². The lowest BCUT2D eigenvalue weighted by Crippen LogP contribution is -2.51.